The van der Waals surface area contributed by atoms with Crippen LogP contribution in [0.3, 0.4) is 0 Å². The van der Waals surface area contributed by atoms with Crippen molar-refractivity contribution in [3.8, 4) is 5.75 Å². The molecule has 27 heavy (non-hydrogen) atoms. The summed E-state index contributed by atoms with van der Waals surface area (Å²) in [4.78, 5) is 15.7. The topological polar surface area (TPSA) is 29.5 Å². The molecule has 2 saturated carbocycles. The van der Waals surface area contributed by atoms with Gasteiger partial charge in [-0.25, -0.2) is 0 Å². The van der Waals surface area contributed by atoms with E-state index in [2.05, 4.69) is 4.90 Å². The van der Waals surface area contributed by atoms with Gasteiger partial charge >= 0.3 is 0 Å². The molecule has 0 heterocycles. The van der Waals surface area contributed by atoms with Crippen molar-refractivity contribution in [1.29, 1.82) is 0 Å². The van der Waals surface area contributed by atoms with Gasteiger partial charge in [-0.1, -0.05) is 50.1 Å². The maximum absolute atomic E-state index is 13.5. The van der Waals surface area contributed by atoms with Crippen LogP contribution in [0.4, 0.5) is 0 Å². The van der Waals surface area contributed by atoms with Crippen LogP contribution in [0.15, 0.2) is 12.1 Å². The smallest absolute Gasteiger partial charge is 0.263 e. The van der Waals surface area contributed by atoms with Crippen molar-refractivity contribution in [3.63, 3.8) is 0 Å². The van der Waals surface area contributed by atoms with Gasteiger partial charge in [-0.2, -0.15) is 0 Å². The van der Waals surface area contributed by atoms with E-state index in [0.717, 1.165) is 47.6 Å². The second-order valence-electron chi connectivity index (χ2n) is 8.46. The summed E-state index contributed by atoms with van der Waals surface area (Å²) < 4.78 is 6.11. The molecule has 0 radical (unpaired) electrons. The monoisotopic (exact) mass is 391 g/mol. The van der Waals surface area contributed by atoms with Crippen molar-refractivity contribution in [3.05, 3.63) is 28.3 Å². The lowest BCUT2D eigenvalue weighted by molar-refractivity contribution is -0.145. The lowest BCUT2D eigenvalue weighted by Crippen LogP contribution is -2.52. The predicted octanol–water partition coefficient (Wildman–Crippen LogP) is 6.22. The van der Waals surface area contributed by atoms with E-state index in [1.807, 2.05) is 32.9 Å². The van der Waals surface area contributed by atoms with Gasteiger partial charge in [-0.05, 0) is 69.7 Å². The second kappa shape index (κ2) is 9.32. The van der Waals surface area contributed by atoms with Crippen LogP contribution in [0.25, 0.3) is 0 Å². The summed E-state index contributed by atoms with van der Waals surface area (Å²) in [5.41, 5.74) is 1.98. The van der Waals surface area contributed by atoms with E-state index in [9.17, 15) is 4.79 Å². The molecule has 2 fully saturated rings. The van der Waals surface area contributed by atoms with Crippen molar-refractivity contribution in [2.45, 2.75) is 103 Å². The quantitative estimate of drug-likeness (QED) is 0.596. The van der Waals surface area contributed by atoms with Crippen molar-refractivity contribution in [2.24, 2.45) is 0 Å². The molecule has 1 aromatic rings. The van der Waals surface area contributed by atoms with E-state index in [0.29, 0.717) is 12.1 Å². The Balaban J connectivity index is 1.75. The van der Waals surface area contributed by atoms with Gasteiger partial charge in [0.15, 0.2) is 6.10 Å². The van der Waals surface area contributed by atoms with Gasteiger partial charge in [0, 0.05) is 17.1 Å². The first-order valence-corrected chi connectivity index (χ1v) is 11.1. The third kappa shape index (κ3) is 4.99. The molecule has 1 amide bonds. The molecule has 0 spiro atoms. The SMILES string of the molecule is Cc1cc(OC(C)C(=O)N(C2CCCCC2)C2CCCCC2)cc(C)c1Cl. The Labute approximate surface area is 169 Å². The number of hydrogen-bond donors (Lipinski definition) is 0. The second-order valence-corrected chi connectivity index (χ2v) is 8.84. The Kier molecular flexibility index (Phi) is 7.08. The van der Waals surface area contributed by atoms with Gasteiger partial charge in [0.25, 0.3) is 5.91 Å². The molecular weight excluding hydrogens is 358 g/mol. The standard InChI is InChI=1S/C23H34ClNO2/c1-16-14-21(15-17(2)22(16)24)27-18(3)23(26)25(19-10-6-4-7-11-19)20-12-8-5-9-13-20/h14-15,18-20H,4-13H2,1-3H3. The summed E-state index contributed by atoms with van der Waals surface area (Å²) >= 11 is 6.27. The molecule has 4 heteroatoms. The zero-order valence-corrected chi connectivity index (χ0v) is 17.9. The van der Waals surface area contributed by atoms with Crippen LogP contribution in [-0.4, -0.2) is 29.0 Å². The minimum Gasteiger partial charge on any atom is -0.481 e. The first kappa shape index (κ1) is 20.5. The van der Waals surface area contributed by atoms with E-state index in [1.54, 1.807) is 0 Å². The van der Waals surface area contributed by atoms with Crippen LogP contribution in [0.5, 0.6) is 5.75 Å². The predicted molar refractivity (Wildman–Crippen MR) is 112 cm³/mol. The van der Waals surface area contributed by atoms with Crippen LogP contribution < -0.4 is 4.74 Å². The van der Waals surface area contributed by atoms with Gasteiger partial charge in [-0.15, -0.1) is 0 Å². The first-order valence-electron chi connectivity index (χ1n) is 10.7. The van der Waals surface area contributed by atoms with Gasteiger partial charge in [0.05, 0.1) is 0 Å². The molecule has 1 unspecified atom stereocenters. The number of ether oxygens (including phenoxy) is 1. The fourth-order valence-corrected chi connectivity index (χ4v) is 4.92. The highest BCUT2D eigenvalue weighted by Crippen LogP contribution is 2.32. The van der Waals surface area contributed by atoms with Crippen LogP contribution in [0.1, 0.15) is 82.3 Å². The molecular formula is C23H34ClNO2. The summed E-state index contributed by atoms with van der Waals surface area (Å²) in [5.74, 6) is 0.904. The highest BCUT2D eigenvalue weighted by molar-refractivity contribution is 6.32. The highest BCUT2D eigenvalue weighted by Gasteiger charge is 2.35. The number of halogens is 1. The molecule has 1 aromatic carbocycles. The van der Waals surface area contributed by atoms with Crippen molar-refractivity contribution >= 4 is 17.5 Å². The maximum Gasteiger partial charge on any atom is 0.263 e. The Bertz CT molecular complexity index is 607. The Morgan fingerprint density at radius 3 is 1.85 bits per heavy atom. The summed E-state index contributed by atoms with van der Waals surface area (Å²) in [6.07, 6.45) is 11.7. The van der Waals surface area contributed by atoms with Gasteiger partial charge in [-0.3, -0.25) is 4.79 Å². The highest BCUT2D eigenvalue weighted by atomic mass is 35.5. The zero-order valence-electron chi connectivity index (χ0n) is 17.1. The Hall–Kier alpha value is -1.22. The van der Waals surface area contributed by atoms with Crippen molar-refractivity contribution in [2.75, 3.05) is 0 Å². The summed E-state index contributed by atoms with van der Waals surface area (Å²) in [6, 6.07) is 4.66. The van der Waals surface area contributed by atoms with Crippen molar-refractivity contribution < 1.29 is 9.53 Å². The number of hydrogen-bond acceptors (Lipinski definition) is 2. The maximum atomic E-state index is 13.5. The largest absolute Gasteiger partial charge is 0.481 e. The van der Waals surface area contributed by atoms with E-state index in [1.165, 1.54) is 38.5 Å². The summed E-state index contributed by atoms with van der Waals surface area (Å²) in [6.45, 7) is 5.86. The van der Waals surface area contributed by atoms with Crippen LogP contribution in [-0.2, 0) is 4.79 Å². The number of aryl methyl sites for hydroxylation is 2. The summed E-state index contributed by atoms with van der Waals surface area (Å²) in [7, 11) is 0. The lowest BCUT2D eigenvalue weighted by atomic mass is 9.88. The zero-order chi connectivity index (χ0) is 19.4. The number of rotatable bonds is 5. The van der Waals surface area contributed by atoms with Crippen LogP contribution in [0.2, 0.25) is 5.02 Å². The van der Waals surface area contributed by atoms with Gasteiger partial charge in [0.1, 0.15) is 5.75 Å². The normalized spacial score (nSPS) is 20.3. The van der Waals surface area contributed by atoms with E-state index >= 15 is 0 Å². The third-order valence-corrected chi connectivity index (χ3v) is 6.86. The molecule has 0 bridgehead atoms. The van der Waals surface area contributed by atoms with E-state index in [-0.39, 0.29) is 5.91 Å². The fraction of sp³-hybridized carbons (Fsp3) is 0.696. The lowest BCUT2D eigenvalue weighted by Gasteiger charge is -2.42. The van der Waals surface area contributed by atoms with Crippen molar-refractivity contribution in [1.82, 2.24) is 4.90 Å². The number of nitrogens with zero attached hydrogens (tertiary/aromatic N) is 1. The molecule has 0 aromatic heterocycles. The number of carbonyl (C=O) groups excluding carboxylic acids is 1. The number of benzene rings is 1. The molecule has 3 rings (SSSR count). The molecule has 2 aliphatic carbocycles. The molecule has 150 valence electrons. The minimum absolute atomic E-state index is 0.166. The summed E-state index contributed by atoms with van der Waals surface area (Å²) in [5, 5.41) is 0.771. The molecule has 0 N–H and O–H groups in total. The average molecular weight is 392 g/mol. The van der Waals surface area contributed by atoms with E-state index < -0.39 is 6.10 Å². The molecule has 0 aliphatic heterocycles. The number of amides is 1. The third-order valence-electron chi connectivity index (χ3n) is 6.26. The average Bonchev–Trinajstić information content (AvgIpc) is 2.68. The minimum atomic E-state index is -0.464. The molecule has 3 nitrogen and oxygen atoms in total. The first-order chi connectivity index (χ1) is 13.0. The Morgan fingerprint density at radius 2 is 1.41 bits per heavy atom. The van der Waals surface area contributed by atoms with E-state index in [4.69, 9.17) is 16.3 Å². The number of carbonyl (C=O) groups is 1. The Morgan fingerprint density at radius 1 is 0.963 bits per heavy atom. The van der Waals surface area contributed by atoms with Crippen LogP contribution >= 0.6 is 11.6 Å². The molecule has 0 saturated heterocycles. The van der Waals surface area contributed by atoms with Crippen LogP contribution in [0, 0.1) is 13.8 Å². The van der Waals surface area contributed by atoms with Gasteiger partial charge in [0.2, 0.25) is 0 Å². The molecule has 2 aliphatic rings. The fourth-order valence-electron chi connectivity index (χ4n) is 4.82. The van der Waals surface area contributed by atoms with Gasteiger partial charge < -0.3 is 9.64 Å². The molecule has 1 atom stereocenters.